The van der Waals surface area contributed by atoms with Crippen molar-refractivity contribution in [2.24, 2.45) is 0 Å². The molecule has 0 saturated heterocycles. The Morgan fingerprint density at radius 3 is 2.79 bits per heavy atom. The molecule has 0 aliphatic heterocycles. The lowest BCUT2D eigenvalue weighted by Gasteiger charge is -2.06. The first-order valence-corrected chi connectivity index (χ1v) is 4.31. The topological polar surface area (TPSA) is 75.4 Å². The van der Waals surface area contributed by atoms with Gasteiger partial charge in [-0.15, -0.1) is 0 Å². The first-order chi connectivity index (χ1) is 6.70. The lowest BCUT2D eigenvalue weighted by molar-refractivity contribution is -0.384. The van der Waals surface area contributed by atoms with E-state index in [0.717, 1.165) is 0 Å². The third-order valence-corrected chi connectivity index (χ3v) is 1.84. The summed E-state index contributed by atoms with van der Waals surface area (Å²) in [6.45, 7) is 2.14. The molecule has 0 aromatic heterocycles. The third kappa shape index (κ3) is 2.00. The number of benzene rings is 1. The predicted octanol–water partition coefficient (Wildman–Crippen LogP) is 1.52. The van der Waals surface area contributed by atoms with Crippen LogP contribution in [0.25, 0.3) is 0 Å². The van der Waals surface area contributed by atoms with E-state index in [1.807, 2.05) is 6.92 Å². The number of anilines is 1. The van der Waals surface area contributed by atoms with Crippen LogP contribution in [-0.4, -0.2) is 16.6 Å². The minimum absolute atomic E-state index is 0.0446. The van der Waals surface area contributed by atoms with Gasteiger partial charge in [-0.25, -0.2) is 0 Å². The predicted molar refractivity (Wildman–Crippen MR) is 53.2 cm³/mol. The van der Waals surface area contributed by atoms with Gasteiger partial charge in [0.05, 0.1) is 17.1 Å². The fraction of sp³-hybridized carbons (Fsp3) is 0.333. The minimum atomic E-state index is -0.483. The molecule has 1 aromatic rings. The van der Waals surface area contributed by atoms with Crippen LogP contribution in [0, 0.1) is 10.1 Å². The van der Waals surface area contributed by atoms with E-state index < -0.39 is 4.92 Å². The Labute approximate surface area is 81.5 Å². The SMILES string of the molecule is CCNc1cccc(CO)c1[N+](=O)[O-]. The molecule has 0 saturated carbocycles. The first kappa shape index (κ1) is 10.5. The van der Waals surface area contributed by atoms with Crippen molar-refractivity contribution in [3.63, 3.8) is 0 Å². The maximum absolute atomic E-state index is 10.7. The van der Waals surface area contributed by atoms with Gasteiger partial charge in [0, 0.05) is 6.54 Å². The molecule has 76 valence electrons. The highest BCUT2D eigenvalue weighted by atomic mass is 16.6. The zero-order chi connectivity index (χ0) is 10.6. The van der Waals surface area contributed by atoms with E-state index >= 15 is 0 Å². The summed E-state index contributed by atoms with van der Waals surface area (Å²) in [7, 11) is 0. The van der Waals surface area contributed by atoms with E-state index in [9.17, 15) is 10.1 Å². The summed E-state index contributed by atoms with van der Waals surface area (Å²) in [6, 6.07) is 4.84. The second kappa shape index (κ2) is 4.57. The highest BCUT2D eigenvalue weighted by Crippen LogP contribution is 2.28. The van der Waals surface area contributed by atoms with Gasteiger partial charge in [-0.05, 0) is 19.1 Å². The summed E-state index contributed by atoms with van der Waals surface area (Å²) >= 11 is 0. The van der Waals surface area contributed by atoms with Crippen LogP contribution in [0.3, 0.4) is 0 Å². The van der Waals surface area contributed by atoms with Crippen LogP contribution in [0.4, 0.5) is 11.4 Å². The average molecular weight is 196 g/mol. The van der Waals surface area contributed by atoms with Gasteiger partial charge in [0.25, 0.3) is 5.69 Å². The molecular weight excluding hydrogens is 184 g/mol. The molecule has 1 aromatic carbocycles. The van der Waals surface area contributed by atoms with Crippen molar-refractivity contribution in [1.82, 2.24) is 0 Å². The van der Waals surface area contributed by atoms with Crippen LogP contribution in [0.15, 0.2) is 18.2 Å². The molecular formula is C9H12N2O3. The van der Waals surface area contributed by atoms with Gasteiger partial charge in [-0.2, -0.15) is 0 Å². The highest BCUT2D eigenvalue weighted by Gasteiger charge is 2.17. The van der Waals surface area contributed by atoms with Crippen LogP contribution >= 0.6 is 0 Å². The van der Waals surface area contributed by atoms with Crippen molar-refractivity contribution >= 4 is 11.4 Å². The van der Waals surface area contributed by atoms with E-state index in [-0.39, 0.29) is 12.3 Å². The molecule has 0 heterocycles. The number of nitrogens with zero attached hydrogens (tertiary/aromatic N) is 1. The fourth-order valence-corrected chi connectivity index (χ4v) is 1.27. The molecule has 0 radical (unpaired) electrons. The summed E-state index contributed by atoms with van der Waals surface area (Å²) < 4.78 is 0. The molecule has 0 spiro atoms. The Morgan fingerprint density at radius 1 is 1.57 bits per heavy atom. The smallest absolute Gasteiger partial charge is 0.297 e. The molecule has 0 amide bonds. The quantitative estimate of drug-likeness (QED) is 0.565. The average Bonchev–Trinajstić information content (AvgIpc) is 2.17. The number of aliphatic hydroxyl groups is 1. The van der Waals surface area contributed by atoms with Crippen LogP contribution in [-0.2, 0) is 6.61 Å². The normalized spacial score (nSPS) is 9.86. The van der Waals surface area contributed by atoms with Crippen LogP contribution in [0.2, 0.25) is 0 Å². The minimum Gasteiger partial charge on any atom is -0.391 e. The molecule has 14 heavy (non-hydrogen) atoms. The fourth-order valence-electron chi connectivity index (χ4n) is 1.27. The monoisotopic (exact) mass is 196 g/mol. The summed E-state index contributed by atoms with van der Waals surface area (Å²) in [5, 5.41) is 22.5. The molecule has 0 aliphatic rings. The summed E-state index contributed by atoms with van der Waals surface area (Å²) in [4.78, 5) is 10.2. The number of rotatable bonds is 4. The van der Waals surface area contributed by atoms with Crippen molar-refractivity contribution in [3.8, 4) is 0 Å². The summed E-state index contributed by atoms with van der Waals surface area (Å²) in [5.74, 6) is 0. The van der Waals surface area contributed by atoms with E-state index in [0.29, 0.717) is 17.8 Å². The Balaban J connectivity index is 3.20. The van der Waals surface area contributed by atoms with E-state index in [4.69, 9.17) is 5.11 Å². The number of aliphatic hydroxyl groups excluding tert-OH is 1. The van der Waals surface area contributed by atoms with Crippen molar-refractivity contribution in [1.29, 1.82) is 0 Å². The Morgan fingerprint density at radius 2 is 2.29 bits per heavy atom. The number of hydrogen-bond acceptors (Lipinski definition) is 4. The molecule has 0 unspecified atom stereocenters. The molecule has 2 N–H and O–H groups in total. The number of nitro benzene ring substituents is 1. The van der Waals surface area contributed by atoms with Gasteiger partial charge in [-0.3, -0.25) is 10.1 Å². The lowest BCUT2D eigenvalue weighted by atomic mass is 10.1. The number of hydrogen-bond donors (Lipinski definition) is 2. The largest absolute Gasteiger partial charge is 0.391 e. The van der Waals surface area contributed by atoms with Crippen molar-refractivity contribution in [3.05, 3.63) is 33.9 Å². The maximum Gasteiger partial charge on any atom is 0.297 e. The molecule has 5 nitrogen and oxygen atoms in total. The van der Waals surface area contributed by atoms with E-state index in [1.165, 1.54) is 0 Å². The van der Waals surface area contributed by atoms with Gasteiger partial charge in [0.15, 0.2) is 0 Å². The number of para-hydroxylation sites is 1. The third-order valence-electron chi connectivity index (χ3n) is 1.84. The summed E-state index contributed by atoms with van der Waals surface area (Å²) in [5.41, 5.74) is 0.731. The van der Waals surface area contributed by atoms with Crippen LogP contribution in [0.1, 0.15) is 12.5 Å². The van der Waals surface area contributed by atoms with E-state index in [1.54, 1.807) is 18.2 Å². The zero-order valence-electron chi connectivity index (χ0n) is 7.86. The number of nitrogens with one attached hydrogen (secondary N) is 1. The molecule has 0 bridgehead atoms. The van der Waals surface area contributed by atoms with Gasteiger partial charge in [0.1, 0.15) is 5.69 Å². The first-order valence-electron chi connectivity index (χ1n) is 4.31. The Hall–Kier alpha value is -1.62. The maximum atomic E-state index is 10.7. The molecule has 0 atom stereocenters. The van der Waals surface area contributed by atoms with Crippen LogP contribution in [0.5, 0.6) is 0 Å². The number of nitro groups is 1. The van der Waals surface area contributed by atoms with Gasteiger partial charge >= 0.3 is 0 Å². The highest BCUT2D eigenvalue weighted by molar-refractivity contribution is 5.65. The van der Waals surface area contributed by atoms with Crippen LogP contribution < -0.4 is 5.32 Å². The van der Waals surface area contributed by atoms with Crippen molar-refractivity contribution in [2.45, 2.75) is 13.5 Å². The second-order valence-electron chi connectivity index (χ2n) is 2.76. The summed E-state index contributed by atoms with van der Waals surface area (Å²) in [6.07, 6.45) is 0. The second-order valence-corrected chi connectivity index (χ2v) is 2.76. The van der Waals surface area contributed by atoms with Crippen molar-refractivity contribution < 1.29 is 10.0 Å². The van der Waals surface area contributed by atoms with Gasteiger partial charge in [-0.1, -0.05) is 6.07 Å². The van der Waals surface area contributed by atoms with Gasteiger partial charge < -0.3 is 10.4 Å². The molecule has 1 rings (SSSR count). The van der Waals surface area contributed by atoms with E-state index in [2.05, 4.69) is 5.32 Å². The van der Waals surface area contributed by atoms with Crippen molar-refractivity contribution in [2.75, 3.05) is 11.9 Å². The molecule has 5 heteroatoms. The lowest BCUT2D eigenvalue weighted by Crippen LogP contribution is -2.03. The van der Waals surface area contributed by atoms with Gasteiger partial charge in [0.2, 0.25) is 0 Å². The standard InChI is InChI=1S/C9H12N2O3/c1-2-10-8-5-3-4-7(6-12)9(8)11(13)14/h3-5,10,12H,2,6H2,1H3. The molecule has 0 fully saturated rings. The zero-order valence-corrected chi connectivity index (χ0v) is 7.86. The Bertz CT molecular complexity index is 339. The Kier molecular flexibility index (Phi) is 3.41. The molecule has 0 aliphatic carbocycles.